The van der Waals surface area contributed by atoms with Crippen LogP contribution >= 0.6 is 0 Å². The third kappa shape index (κ3) is 1.63. The fraction of sp³-hybridized carbons (Fsp3) is 0.118. The first kappa shape index (κ1) is 11.3. The van der Waals surface area contributed by atoms with Crippen molar-refractivity contribution in [3.63, 3.8) is 0 Å². The number of hydrogen-bond donors (Lipinski definition) is 2. The lowest BCUT2D eigenvalue weighted by molar-refractivity contribution is 0.938. The summed E-state index contributed by atoms with van der Waals surface area (Å²) in [7, 11) is 0. The minimum absolute atomic E-state index is 0.0355. The molecule has 2 aromatic rings. The molecule has 0 aromatic carbocycles. The van der Waals surface area contributed by atoms with Crippen LogP contribution in [0.3, 0.4) is 0 Å². The van der Waals surface area contributed by atoms with E-state index in [1.807, 2.05) is 30.4 Å². The van der Waals surface area contributed by atoms with Crippen molar-refractivity contribution < 1.29 is 0 Å². The Bertz CT molecular complexity index is 831. The molecule has 0 bridgehead atoms. The molecule has 0 saturated heterocycles. The number of pyridine rings is 1. The summed E-state index contributed by atoms with van der Waals surface area (Å²) in [6.45, 7) is 0. The topological polar surface area (TPSA) is 48.6 Å². The SMILES string of the molecule is O=c1[nH]ccc2c1Cc1c([nH]c3c1C=CC=CC=C3)C2. The Morgan fingerprint density at radius 3 is 2.70 bits per heavy atom. The number of allylic oxidation sites excluding steroid dienone is 4. The van der Waals surface area contributed by atoms with Crippen molar-refractivity contribution in [1.29, 1.82) is 0 Å². The monoisotopic (exact) mass is 262 g/mol. The third-order valence-corrected chi connectivity index (χ3v) is 4.01. The second-order valence-electron chi connectivity index (χ2n) is 5.18. The van der Waals surface area contributed by atoms with Gasteiger partial charge < -0.3 is 9.97 Å². The van der Waals surface area contributed by atoms with Crippen LogP contribution in [0.25, 0.3) is 12.2 Å². The van der Waals surface area contributed by atoms with Crippen molar-refractivity contribution in [3.05, 3.63) is 80.6 Å². The zero-order chi connectivity index (χ0) is 13.5. The Kier molecular flexibility index (Phi) is 2.39. The van der Waals surface area contributed by atoms with Gasteiger partial charge in [0.1, 0.15) is 0 Å². The van der Waals surface area contributed by atoms with Crippen molar-refractivity contribution in [2.75, 3.05) is 0 Å². The molecule has 0 saturated carbocycles. The van der Waals surface area contributed by atoms with E-state index in [9.17, 15) is 4.79 Å². The first-order valence-corrected chi connectivity index (χ1v) is 6.77. The van der Waals surface area contributed by atoms with Gasteiger partial charge in [-0.25, -0.2) is 0 Å². The van der Waals surface area contributed by atoms with Gasteiger partial charge >= 0.3 is 0 Å². The Morgan fingerprint density at radius 2 is 1.80 bits per heavy atom. The van der Waals surface area contributed by atoms with Crippen molar-refractivity contribution in [2.45, 2.75) is 12.8 Å². The number of aromatic amines is 2. The highest BCUT2D eigenvalue weighted by molar-refractivity contribution is 5.71. The molecule has 0 atom stereocenters. The Balaban J connectivity index is 1.90. The van der Waals surface area contributed by atoms with Crippen LogP contribution in [0.1, 0.15) is 33.6 Å². The highest BCUT2D eigenvalue weighted by Gasteiger charge is 2.23. The second kappa shape index (κ2) is 4.23. The molecule has 3 nitrogen and oxygen atoms in total. The predicted octanol–water partition coefficient (Wildman–Crippen LogP) is 2.79. The summed E-state index contributed by atoms with van der Waals surface area (Å²) in [5, 5.41) is 0. The fourth-order valence-electron chi connectivity index (χ4n) is 3.02. The minimum Gasteiger partial charge on any atom is -0.358 e. The van der Waals surface area contributed by atoms with Crippen molar-refractivity contribution >= 4 is 12.2 Å². The lowest BCUT2D eigenvalue weighted by Crippen LogP contribution is -2.19. The van der Waals surface area contributed by atoms with E-state index in [1.165, 1.54) is 16.8 Å². The number of H-pyrrole nitrogens is 2. The number of rotatable bonds is 0. The molecule has 2 N–H and O–H groups in total. The Hall–Kier alpha value is -2.55. The lowest BCUT2D eigenvalue weighted by atomic mass is 9.89. The van der Waals surface area contributed by atoms with E-state index in [1.54, 1.807) is 6.20 Å². The first-order chi connectivity index (χ1) is 9.83. The van der Waals surface area contributed by atoms with Gasteiger partial charge in [0.25, 0.3) is 5.56 Å². The van der Waals surface area contributed by atoms with E-state index in [-0.39, 0.29) is 5.56 Å². The molecule has 0 fully saturated rings. The normalized spacial score (nSPS) is 15.2. The second-order valence-corrected chi connectivity index (χ2v) is 5.18. The molecule has 2 aromatic heterocycles. The molecule has 3 heteroatoms. The summed E-state index contributed by atoms with van der Waals surface area (Å²) < 4.78 is 0. The third-order valence-electron chi connectivity index (χ3n) is 4.01. The van der Waals surface area contributed by atoms with Gasteiger partial charge in [-0.05, 0) is 23.3 Å². The van der Waals surface area contributed by atoms with E-state index in [0.717, 1.165) is 23.2 Å². The van der Waals surface area contributed by atoms with E-state index < -0.39 is 0 Å². The number of aromatic nitrogens is 2. The Labute approximate surface area is 116 Å². The van der Waals surface area contributed by atoms with Crippen LogP contribution in [-0.4, -0.2) is 9.97 Å². The van der Waals surface area contributed by atoms with Crippen LogP contribution in [0.2, 0.25) is 0 Å². The predicted molar refractivity (Wildman–Crippen MR) is 80.7 cm³/mol. The van der Waals surface area contributed by atoms with Crippen molar-refractivity contribution in [1.82, 2.24) is 9.97 Å². The maximum atomic E-state index is 12.0. The van der Waals surface area contributed by atoms with Gasteiger partial charge in [-0.1, -0.05) is 30.4 Å². The molecule has 2 aliphatic rings. The van der Waals surface area contributed by atoms with Crippen LogP contribution < -0.4 is 5.56 Å². The van der Waals surface area contributed by atoms with Gasteiger partial charge in [0.2, 0.25) is 0 Å². The summed E-state index contributed by atoms with van der Waals surface area (Å²) in [4.78, 5) is 18.3. The highest BCUT2D eigenvalue weighted by atomic mass is 16.1. The minimum atomic E-state index is 0.0355. The fourth-order valence-corrected chi connectivity index (χ4v) is 3.02. The average molecular weight is 262 g/mol. The van der Waals surface area contributed by atoms with Gasteiger partial charge in [-0.2, -0.15) is 0 Å². The van der Waals surface area contributed by atoms with Gasteiger partial charge in [0, 0.05) is 41.6 Å². The zero-order valence-electron chi connectivity index (χ0n) is 10.9. The standard InChI is InChI=1S/C17H14N2O/c20-17-13-10-14-12-5-3-1-2-4-6-15(12)19-16(14)9-11(13)7-8-18-17/h1-8,19H,9-10H2,(H,18,20). The van der Waals surface area contributed by atoms with Crippen LogP contribution in [-0.2, 0) is 12.8 Å². The van der Waals surface area contributed by atoms with Gasteiger partial charge in [0.05, 0.1) is 0 Å². The van der Waals surface area contributed by atoms with Crippen LogP contribution in [0.4, 0.5) is 0 Å². The molecule has 20 heavy (non-hydrogen) atoms. The molecule has 98 valence electrons. The number of hydrogen-bond acceptors (Lipinski definition) is 1. The molecule has 2 aliphatic carbocycles. The maximum absolute atomic E-state index is 12.0. The molecule has 0 aliphatic heterocycles. The average Bonchev–Trinajstić information content (AvgIpc) is 2.73. The largest absolute Gasteiger partial charge is 0.358 e. The van der Waals surface area contributed by atoms with Gasteiger partial charge in [-0.15, -0.1) is 0 Å². The summed E-state index contributed by atoms with van der Waals surface area (Å²) in [5.41, 5.74) is 6.87. The van der Waals surface area contributed by atoms with Crippen molar-refractivity contribution in [2.24, 2.45) is 0 Å². The number of fused-ring (bicyclic) bond motifs is 4. The molecular weight excluding hydrogens is 248 g/mol. The van der Waals surface area contributed by atoms with E-state index in [4.69, 9.17) is 0 Å². The van der Waals surface area contributed by atoms with Gasteiger partial charge in [-0.3, -0.25) is 4.79 Å². The molecule has 2 heterocycles. The number of nitrogens with one attached hydrogen (secondary N) is 2. The quantitative estimate of drug-likeness (QED) is 0.643. The molecule has 0 radical (unpaired) electrons. The molecule has 0 spiro atoms. The van der Waals surface area contributed by atoms with Crippen LogP contribution in [0.15, 0.2) is 41.4 Å². The Morgan fingerprint density at radius 1 is 0.950 bits per heavy atom. The van der Waals surface area contributed by atoms with E-state index >= 15 is 0 Å². The lowest BCUT2D eigenvalue weighted by Gasteiger charge is -2.15. The molecule has 0 unspecified atom stereocenters. The van der Waals surface area contributed by atoms with E-state index in [2.05, 4.69) is 22.1 Å². The zero-order valence-corrected chi connectivity index (χ0v) is 10.9. The van der Waals surface area contributed by atoms with Crippen LogP contribution in [0, 0.1) is 0 Å². The highest BCUT2D eigenvalue weighted by Crippen LogP contribution is 2.31. The molecular formula is C17H14N2O. The first-order valence-electron chi connectivity index (χ1n) is 6.77. The van der Waals surface area contributed by atoms with Gasteiger partial charge in [0.15, 0.2) is 0 Å². The summed E-state index contributed by atoms with van der Waals surface area (Å²) in [5.74, 6) is 0. The summed E-state index contributed by atoms with van der Waals surface area (Å²) in [6, 6.07) is 2.01. The summed E-state index contributed by atoms with van der Waals surface area (Å²) in [6.07, 6.45) is 15.5. The molecule has 0 amide bonds. The smallest absolute Gasteiger partial charge is 0.251 e. The summed E-state index contributed by atoms with van der Waals surface area (Å²) >= 11 is 0. The maximum Gasteiger partial charge on any atom is 0.251 e. The van der Waals surface area contributed by atoms with E-state index in [0.29, 0.717) is 6.42 Å². The van der Waals surface area contributed by atoms with Crippen molar-refractivity contribution in [3.8, 4) is 0 Å². The van der Waals surface area contributed by atoms with Crippen LogP contribution in [0.5, 0.6) is 0 Å². The molecule has 4 rings (SSSR count).